The Morgan fingerprint density at radius 1 is 0.742 bits per heavy atom. The molecule has 31 heavy (non-hydrogen) atoms. The highest BCUT2D eigenvalue weighted by molar-refractivity contribution is 5.85. The molecule has 0 bridgehead atoms. The highest BCUT2D eigenvalue weighted by Crippen LogP contribution is 2.75. The highest BCUT2D eigenvalue weighted by Gasteiger charge is 2.67. The lowest BCUT2D eigenvalue weighted by Crippen LogP contribution is -2.63. The van der Waals surface area contributed by atoms with Gasteiger partial charge < -0.3 is 0 Å². The summed E-state index contributed by atoms with van der Waals surface area (Å²) in [5.74, 6) is 3.55. The summed E-state index contributed by atoms with van der Waals surface area (Å²) in [6.07, 6.45) is 12.8. The van der Waals surface area contributed by atoms with Crippen molar-refractivity contribution >= 4 is 5.78 Å². The van der Waals surface area contributed by atoms with Gasteiger partial charge in [0.2, 0.25) is 0 Å². The average molecular weight is 425 g/mol. The van der Waals surface area contributed by atoms with E-state index in [2.05, 4.69) is 55.4 Å². The maximum absolute atomic E-state index is 12.9. The summed E-state index contributed by atoms with van der Waals surface area (Å²) in [5, 5.41) is 0. The molecule has 0 radical (unpaired) electrons. The lowest BCUT2D eigenvalue weighted by Gasteiger charge is -2.70. The molecule has 0 N–H and O–H groups in total. The van der Waals surface area contributed by atoms with Crippen molar-refractivity contribution in [3.63, 3.8) is 0 Å². The molecule has 0 aromatic carbocycles. The van der Waals surface area contributed by atoms with Crippen molar-refractivity contribution in [2.75, 3.05) is 0 Å². The van der Waals surface area contributed by atoms with Gasteiger partial charge in [0.25, 0.3) is 0 Å². The molecule has 0 heterocycles. The van der Waals surface area contributed by atoms with Crippen LogP contribution in [-0.2, 0) is 4.79 Å². The van der Waals surface area contributed by atoms with Crippen molar-refractivity contribution < 1.29 is 4.79 Å². The van der Waals surface area contributed by atoms with Crippen LogP contribution in [0.2, 0.25) is 0 Å². The normalized spacial score (nSPS) is 51.3. The second-order valence-corrected chi connectivity index (χ2v) is 14.3. The van der Waals surface area contributed by atoms with Gasteiger partial charge in [0, 0.05) is 11.8 Å². The number of hydrogen-bond donors (Lipinski definition) is 0. The molecular weight excluding hydrogens is 376 g/mol. The fraction of sp³-hybridized carbons (Fsp3) is 0.900. The summed E-state index contributed by atoms with van der Waals surface area (Å²) < 4.78 is 0. The van der Waals surface area contributed by atoms with Crippen molar-refractivity contribution in [3.05, 3.63) is 11.1 Å². The molecule has 5 aliphatic rings. The highest BCUT2D eigenvalue weighted by atomic mass is 16.1. The lowest BCUT2D eigenvalue weighted by atomic mass is 9.34. The summed E-state index contributed by atoms with van der Waals surface area (Å²) in [5.41, 5.74) is 5.26. The van der Waals surface area contributed by atoms with Crippen molar-refractivity contribution in [1.29, 1.82) is 0 Å². The van der Waals surface area contributed by atoms with Crippen LogP contribution in [0.3, 0.4) is 0 Å². The minimum atomic E-state index is -0.130. The summed E-state index contributed by atoms with van der Waals surface area (Å²) in [7, 11) is 0. The SMILES string of the molecule is CC(C)[C@H]1CCC2=C3CC[C@@H]4[C@@]5(C)CCC(=O)C(C)(C)[C@@H]5CC[C@@]4(C)[C@]3(C)CC[C@@]21C. The minimum Gasteiger partial charge on any atom is -0.299 e. The average Bonchev–Trinajstić information content (AvgIpc) is 3.03. The third-order valence-electron chi connectivity index (χ3n) is 12.9. The van der Waals surface area contributed by atoms with Crippen LogP contribution in [0, 0.1) is 50.7 Å². The van der Waals surface area contributed by atoms with E-state index in [1.54, 1.807) is 0 Å². The van der Waals surface area contributed by atoms with Crippen molar-refractivity contribution in [3.8, 4) is 0 Å². The van der Waals surface area contributed by atoms with Crippen LogP contribution in [-0.4, -0.2) is 5.78 Å². The van der Waals surface area contributed by atoms with Gasteiger partial charge in [-0.25, -0.2) is 0 Å². The molecule has 0 spiro atoms. The van der Waals surface area contributed by atoms with E-state index in [1.807, 2.05) is 11.1 Å². The van der Waals surface area contributed by atoms with Crippen molar-refractivity contribution in [1.82, 2.24) is 0 Å². The van der Waals surface area contributed by atoms with Crippen LogP contribution in [0.15, 0.2) is 11.1 Å². The van der Waals surface area contributed by atoms with Crippen LogP contribution in [0.1, 0.15) is 120 Å². The fourth-order valence-corrected chi connectivity index (χ4v) is 11.0. The van der Waals surface area contributed by atoms with Gasteiger partial charge in [-0.3, -0.25) is 4.79 Å². The molecule has 0 amide bonds. The minimum absolute atomic E-state index is 0.130. The Morgan fingerprint density at radius 2 is 1.42 bits per heavy atom. The van der Waals surface area contributed by atoms with Crippen LogP contribution in [0.4, 0.5) is 0 Å². The third-order valence-corrected chi connectivity index (χ3v) is 12.9. The summed E-state index contributed by atoms with van der Waals surface area (Å²) in [4.78, 5) is 12.9. The van der Waals surface area contributed by atoms with E-state index in [4.69, 9.17) is 0 Å². The zero-order chi connectivity index (χ0) is 22.6. The molecule has 174 valence electrons. The van der Waals surface area contributed by atoms with E-state index in [-0.39, 0.29) is 5.41 Å². The van der Waals surface area contributed by atoms with Gasteiger partial charge in [-0.05, 0) is 103 Å². The number of carbonyl (C=O) groups excluding carboxylic acids is 1. The lowest BCUT2D eigenvalue weighted by molar-refractivity contribution is -0.184. The van der Waals surface area contributed by atoms with Gasteiger partial charge in [-0.15, -0.1) is 0 Å². The largest absolute Gasteiger partial charge is 0.299 e. The molecule has 1 heteroatoms. The second kappa shape index (κ2) is 6.50. The Labute approximate surface area is 192 Å². The first-order chi connectivity index (χ1) is 14.3. The van der Waals surface area contributed by atoms with Gasteiger partial charge in [-0.1, -0.05) is 66.5 Å². The first kappa shape index (κ1) is 22.2. The fourth-order valence-electron chi connectivity index (χ4n) is 11.0. The number of carbonyl (C=O) groups is 1. The Balaban J connectivity index is 1.58. The standard InChI is InChI=1S/C30H48O/c1-19(2)20-9-10-21-22-11-12-24-28(6)15-14-25(31)26(3,4)23(28)13-16-30(24,8)29(22,7)18-17-27(20,21)5/h19-20,23-24H,9-18H2,1-8H3/t20-,23+,24-,27-,28+,29-,30-/m1/s1. The maximum Gasteiger partial charge on any atom is 0.138 e. The summed E-state index contributed by atoms with van der Waals surface area (Å²) in [6.45, 7) is 20.1. The van der Waals surface area contributed by atoms with Gasteiger partial charge in [0.05, 0.1) is 0 Å². The predicted octanol–water partition coefficient (Wildman–Crippen LogP) is 8.38. The molecule has 0 unspecified atom stereocenters. The molecule has 5 aliphatic carbocycles. The van der Waals surface area contributed by atoms with E-state index < -0.39 is 0 Å². The van der Waals surface area contributed by atoms with Crippen LogP contribution >= 0.6 is 0 Å². The monoisotopic (exact) mass is 424 g/mol. The molecule has 4 saturated carbocycles. The number of Topliss-reactive ketones (excluding diaryl/α,β-unsaturated/α-hetero) is 1. The van der Waals surface area contributed by atoms with Crippen molar-refractivity contribution in [2.24, 2.45) is 50.7 Å². The number of rotatable bonds is 1. The first-order valence-electron chi connectivity index (χ1n) is 13.6. The Hall–Kier alpha value is -0.590. The quantitative estimate of drug-likeness (QED) is 0.386. The van der Waals surface area contributed by atoms with Crippen molar-refractivity contribution in [2.45, 2.75) is 120 Å². The van der Waals surface area contributed by atoms with Crippen LogP contribution < -0.4 is 0 Å². The van der Waals surface area contributed by atoms with E-state index >= 15 is 0 Å². The summed E-state index contributed by atoms with van der Waals surface area (Å²) in [6, 6.07) is 0. The first-order valence-corrected chi connectivity index (χ1v) is 13.6. The molecule has 0 aromatic rings. The maximum atomic E-state index is 12.9. The number of ketones is 1. The molecule has 5 rings (SSSR count). The van der Waals surface area contributed by atoms with E-state index in [9.17, 15) is 4.79 Å². The Kier molecular flexibility index (Phi) is 4.66. The number of fused-ring (bicyclic) bond motifs is 6. The smallest absolute Gasteiger partial charge is 0.138 e. The summed E-state index contributed by atoms with van der Waals surface area (Å²) >= 11 is 0. The zero-order valence-electron chi connectivity index (χ0n) is 21.8. The topological polar surface area (TPSA) is 17.1 Å². The number of hydrogen-bond acceptors (Lipinski definition) is 1. The molecule has 0 aromatic heterocycles. The van der Waals surface area contributed by atoms with Crippen LogP contribution in [0.5, 0.6) is 0 Å². The molecule has 1 nitrogen and oxygen atoms in total. The second-order valence-electron chi connectivity index (χ2n) is 14.3. The van der Waals surface area contributed by atoms with E-state index in [0.29, 0.717) is 33.4 Å². The number of allylic oxidation sites excluding steroid dienone is 2. The molecule has 0 aliphatic heterocycles. The Bertz CT molecular complexity index is 831. The van der Waals surface area contributed by atoms with Gasteiger partial charge >= 0.3 is 0 Å². The van der Waals surface area contributed by atoms with E-state index in [1.165, 1.54) is 51.4 Å². The predicted molar refractivity (Wildman–Crippen MR) is 130 cm³/mol. The molecule has 0 saturated heterocycles. The Morgan fingerprint density at radius 3 is 2.10 bits per heavy atom. The third kappa shape index (κ3) is 2.53. The van der Waals surface area contributed by atoms with Gasteiger partial charge in [0.1, 0.15) is 5.78 Å². The van der Waals surface area contributed by atoms with Gasteiger partial charge in [0.15, 0.2) is 0 Å². The zero-order valence-corrected chi connectivity index (χ0v) is 21.8. The molecule has 7 atom stereocenters. The van der Waals surface area contributed by atoms with Crippen LogP contribution in [0.25, 0.3) is 0 Å². The molecular formula is C30H48O. The van der Waals surface area contributed by atoms with E-state index in [0.717, 1.165) is 30.6 Å². The molecule has 4 fully saturated rings. The van der Waals surface area contributed by atoms with Gasteiger partial charge in [-0.2, -0.15) is 0 Å².